The van der Waals surface area contributed by atoms with E-state index in [1.54, 1.807) is 0 Å². The molecule has 0 aliphatic heterocycles. The van der Waals surface area contributed by atoms with Gasteiger partial charge >= 0.3 is 11.9 Å². The smallest absolute Gasteiger partial charge is 0.306 e. The zero-order valence-electron chi connectivity index (χ0n) is 25.2. The molecule has 6 nitrogen and oxygen atoms in total. The van der Waals surface area contributed by atoms with Crippen molar-refractivity contribution >= 4 is 28.1 Å². The van der Waals surface area contributed by atoms with Crippen molar-refractivity contribution in [3.05, 3.63) is 0 Å². The number of halogens is 2. The number of ether oxygens (including phenoxy) is 2. The van der Waals surface area contributed by atoms with Gasteiger partial charge in [-0.1, -0.05) is 64.2 Å². The third-order valence-corrected chi connectivity index (χ3v) is 14.8. The fourth-order valence-corrected chi connectivity index (χ4v) is 6.65. The fraction of sp³-hybridized carbons (Fsp3) is 0.923. The van der Waals surface area contributed by atoms with Crippen molar-refractivity contribution in [1.82, 2.24) is 0 Å². The van der Waals surface area contributed by atoms with Crippen molar-refractivity contribution in [3.8, 4) is 0 Å². The molecule has 0 aromatic heterocycles. The summed E-state index contributed by atoms with van der Waals surface area (Å²) in [5.41, 5.74) is 0. The Morgan fingerprint density at radius 1 is 0.611 bits per heavy atom. The van der Waals surface area contributed by atoms with Crippen LogP contribution < -0.4 is 48.0 Å². The summed E-state index contributed by atoms with van der Waals surface area (Å²) in [5.74, 6) is -0.620. The Balaban J connectivity index is -0.00000544. The van der Waals surface area contributed by atoms with Crippen molar-refractivity contribution < 1.29 is 76.0 Å². The minimum absolute atomic E-state index is 0. The monoisotopic (exact) mass is 772 g/mol. The fourth-order valence-electron chi connectivity index (χ4n) is 3.71. The van der Waals surface area contributed by atoms with Gasteiger partial charge in [0.25, 0.3) is 0 Å². The summed E-state index contributed by atoms with van der Waals surface area (Å²) in [6.07, 6.45) is 2.65. The molecule has 36 heavy (non-hydrogen) atoms. The molecule has 0 aromatic rings. The Morgan fingerprint density at radius 2 is 0.917 bits per heavy atom. The topological polar surface area (TPSA) is 52.6 Å². The van der Waals surface area contributed by atoms with E-state index in [4.69, 9.17) is 9.47 Å². The van der Waals surface area contributed by atoms with Crippen LogP contribution in [0.15, 0.2) is 0 Å². The summed E-state index contributed by atoms with van der Waals surface area (Å²) in [6.45, 7) is 19.0. The molecule has 0 N–H and O–H groups in total. The van der Waals surface area contributed by atoms with Gasteiger partial charge in [-0.25, -0.2) is 0 Å². The lowest BCUT2D eigenvalue weighted by atomic mass is 10.3. The first kappa shape index (κ1) is 41.2. The van der Waals surface area contributed by atoms with Gasteiger partial charge in [-0.3, -0.25) is 9.59 Å². The first-order valence-electron chi connectivity index (χ1n) is 13.5. The highest BCUT2D eigenvalue weighted by Gasteiger charge is 2.23. The summed E-state index contributed by atoms with van der Waals surface area (Å²) < 4.78 is 12.5. The van der Waals surface area contributed by atoms with Crippen LogP contribution in [0.1, 0.15) is 39.5 Å². The van der Waals surface area contributed by atoms with Crippen LogP contribution in [0, 0.1) is 0 Å². The predicted octanol–water partition coefficient (Wildman–Crippen LogP) is -0.749. The molecule has 0 aliphatic rings. The second-order valence-corrected chi connectivity index (χ2v) is 24.0. The van der Waals surface area contributed by atoms with E-state index in [9.17, 15) is 9.59 Å². The number of nitrogens with zero attached hydrogens (tertiary/aromatic N) is 2. The van der Waals surface area contributed by atoms with Gasteiger partial charge < -0.3 is 66.4 Å². The highest BCUT2D eigenvalue weighted by atomic mass is 127. The first-order chi connectivity index (χ1) is 15.5. The van der Waals surface area contributed by atoms with Crippen molar-refractivity contribution in [3.63, 3.8) is 0 Å². The van der Waals surface area contributed by atoms with Gasteiger partial charge in [0, 0.05) is 16.1 Å². The van der Waals surface area contributed by atoms with Gasteiger partial charge in [0.15, 0.2) is 0 Å². The van der Waals surface area contributed by atoms with Gasteiger partial charge in [-0.2, -0.15) is 0 Å². The van der Waals surface area contributed by atoms with Crippen LogP contribution in [-0.4, -0.2) is 105 Å². The van der Waals surface area contributed by atoms with Gasteiger partial charge in [0.1, 0.15) is 26.3 Å². The molecule has 0 heterocycles. The minimum Gasteiger partial charge on any atom is -1.00 e. The molecule has 0 spiro atoms. The average Bonchev–Trinajstić information content (AvgIpc) is 2.71. The molecule has 10 heteroatoms. The first-order valence-corrected chi connectivity index (χ1v) is 20.3. The molecule has 0 atom stereocenters. The van der Waals surface area contributed by atoms with Crippen LogP contribution in [0.25, 0.3) is 0 Å². The van der Waals surface area contributed by atoms with E-state index < -0.39 is 16.1 Å². The Hall–Kier alpha value is 0.754. The number of rotatable bonds is 19. The Morgan fingerprint density at radius 3 is 1.19 bits per heavy atom. The van der Waals surface area contributed by atoms with Crippen molar-refractivity contribution in [2.45, 2.75) is 89.9 Å². The van der Waals surface area contributed by atoms with E-state index in [1.165, 1.54) is 37.0 Å². The van der Waals surface area contributed by atoms with Gasteiger partial charge in [-0.15, -0.1) is 0 Å². The van der Waals surface area contributed by atoms with E-state index >= 15 is 0 Å². The maximum Gasteiger partial charge on any atom is 0.306 e. The number of quaternary nitrogens is 2. The van der Waals surface area contributed by atoms with E-state index in [2.05, 4.69) is 68.2 Å². The molecular formula is C26H58I2N2O4Si2. The number of hydrogen-bond donors (Lipinski definition) is 0. The van der Waals surface area contributed by atoms with Crippen LogP contribution in [0.5, 0.6) is 0 Å². The second kappa shape index (κ2) is 19.8. The number of carbonyl (C=O) groups is 2. The van der Waals surface area contributed by atoms with E-state index in [0.717, 1.165) is 35.1 Å². The van der Waals surface area contributed by atoms with Gasteiger partial charge in [-0.05, 0) is 12.8 Å². The standard InChI is InChI=1S/C26H58N2O4Si2.2HI/c1-11-33(7,8)23-13-17-27(3,4)19-21-31-25(29)15-16-26(30)32-22-20-28(5,6)18-14-24-34(9,10)12-2;;/h11-24H2,1-10H3;2*1H/q+2;;/p-2. The minimum atomic E-state index is -1.02. The van der Waals surface area contributed by atoms with Crippen LogP contribution in [-0.2, 0) is 19.1 Å². The largest absolute Gasteiger partial charge is 1.00 e. The second-order valence-electron chi connectivity index (χ2n) is 12.9. The Kier molecular flexibility index (Phi) is 22.6. The lowest BCUT2D eigenvalue weighted by Gasteiger charge is -2.31. The molecule has 0 amide bonds. The predicted molar refractivity (Wildman–Crippen MR) is 150 cm³/mol. The molecule has 0 aromatic carbocycles. The van der Waals surface area contributed by atoms with Crippen LogP contribution in [0.4, 0.5) is 0 Å². The van der Waals surface area contributed by atoms with Crippen LogP contribution in [0.2, 0.25) is 50.4 Å². The van der Waals surface area contributed by atoms with Gasteiger partial charge in [0.05, 0.1) is 54.1 Å². The zero-order chi connectivity index (χ0) is 26.5. The third kappa shape index (κ3) is 22.7. The van der Waals surface area contributed by atoms with Crippen molar-refractivity contribution in [2.24, 2.45) is 0 Å². The highest BCUT2D eigenvalue weighted by Crippen LogP contribution is 2.18. The SMILES string of the molecule is CC[Si](C)(C)CCC[N+](C)(C)CCOC(=O)CCC(=O)OCC[N+](C)(C)CCC[Si](C)(C)CC.[I-].[I-]. The van der Waals surface area contributed by atoms with E-state index in [0.29, 0.717) is 13.2 Å². The summed E-state index contributed by atoms with van der Waals surface area (Å²) in [5, 5.41) is 0. The summed E-state index contributed by atoms with van der Waals surface area (Å²) in [4.78, 5) is 24.1. The van der Waals surface area contributed by atoms with Crippen LogP contribution in [0.3, 0.4) is 0 Å². The van der Waals surface area contributed by atoms with Crippen molar-refractivity contribution in [2.75, 3.05) is 67.6 Å². The molecule has 0 unspecified atom stereocenters. The average molecular weight is 773 g/mol. The Bertz CT molecular complexity index is 567. The molecule has 218 valence electrons. The third-order valence-electron chi connectivity index (χ3n) is 7.60. The van der Waals surface area contributed by atoms with E-state index in [1.807, 2.05) is 0 Å². The lowest BCUT2D eigenvalue weighted by Crippen LogP contribution is -3.00. The zero-order valence-corrected chi connectivity index (χ0v) is 31.5. The van der Waals surface area contributed by atoms with Crippen molar-refractivity contribution in [1.29, 1.82) is 0 Å². The van der Waals surface area contributed by atoms with Gasteiger partial charge in [0.2, 0.25) is 0 Å². The molecule has 0 radical (unpaired) electrons. The molecule has 0 fully saturated rings. The lowest BCUT2D eigenvalue weighted by molar-refractivity contribution is -0.890. The molecule has 0 bridgehead atoms. The number of carbonyl (C=O) groups excluding carboxylic acids is 2. The molecular weight excluding hydrogens is 714 g/mol. The summed E-state index contributed by atoms with van der Waals surface area (Å²) in [7, 11) is 6.73. The van der Waals surface area contributed by atoms with E-state index in [-0.39, 0.29) is 72.7 Å². The molecule has 0 saturated carbocycles. The Labute approximate surface area is 259 Å². The summed E-state index contributed by atoms with van der Waals surface area (Å²) >= 11 is 0. The highest BCUT2D eigenvalue weighted by molar-refractivity contribution is 6.77. The maximum absolute atomic E-state index is 12.0. The molecule has 0 aliphatic carbocycles. The quantitative estimate of drug-likeness (QED) is 0.0752. The number of likely N-dealkylation sites (N-methyl/N-ethyl adjacent to an activating group) is 2. The normalized spacial score (nSPS) is 12.4. The molecule has 0 saturated heterocycles. The summed E-state index contributed by atoms with van der Waals surface area (Å²) in [6, 6.07) is 5.36. The number of esters is 2. The number of hydrogen-bond acceptors (Lipinski definition) is 4. The maximum atomic E-state index is 12.0. The molecule has 0 rings (SSSR count). The van der Waals surface area contributed by atoms with Crippen LogP contribution >= 0.6 is 0 Å².